The molecule has 0 atom stereocenters. The summed E-state index contributed by atoms with van der Waals surface area (Å²) in [4.78, 5) is 17.0. The molecular weight excluding hydrogens is 453 g/mol. The van der Waals surface area contributed by atoms with Gasteiger partial charge in [-0.05, 0) is 20.8 Å². The molecule has 0 radical (unpaired) electrons. The molecule has 0 unspecified atom stereocenters. The van der Waals surface area contributed by atoms with Crippen molar-refractivity contribution in [3.05, 3.63) is 32.5 Å². The Kier molecular flexibility index (Phi) is 6.65. The Balaban J connectivity index is 2.88. The molecule has 2 heterocycles. The van der Waals surface area contributed by atoms with E-state index in [1.807, 2.05) is 26.8 Å². The van der Waals surface area contributed by atoms with Crippen LogP contribution in [0.25, 0.3) is 11.3 Å². The average molecular weight is 475 g/mol. The highest BCUT2D eigenvalue weighted by Gasteiger charge is 2.42. The zero-order valence-corrected chi connectivity index (χ0v) is 19.7. The monoisotopic (exact) mass is 474 g/mol. The van der Waals surface area contributed by atoms with Gasteiger partial charge in [-0.1, -0.05) is 32.4 Å². The number of nitriles is 1. The molecule has 2 rings (SSSR count). The molecule has 0 aliphatic carbocycles. The molecule has 0 aliphatic heterocycles. The first-order chi connectivity index (χ1) is 14.0. The molecule has 0 N–H and O–H groups in total. The number of hydrogen-bond donors (Lipinski definition) is 0. The van der Waals surface area contributed by atoms with E-state index in [4.69, 9.17) is 16.3 Å². The summed E-state index contributed by atoms with van der Waals surface area (Å²) in [7, 11) is 1.22. The van der Waals surface area contributed by atoms with E-state index in [0.717, 1.165) is 16.0 Å². The summed E-state index contributed by atoms with van der Waals surface area (Å²) in [6.07, 6.45) is -4.90. The molecule has 0 aromatic carbocycles. The maximum Gasteiger partial charge on any atom is 0.435 e. The number of nitrogens with zero attached hydrogens (tertiary/aromatic N) is 4. The van der Waals surface area contributed by atoms with Crippen molar-refractivity contribution in [2.75, 3.05) is 0 Å². The Morgan fingerprint density at radius 2 is 1.81 bits per heavy atom. The lowest BCUT2D eigenvalue weighted by atomic mass is 9.93. The van der Waals surface area contributed by atoms with Crippen molar-refractivity contribution in [2.24, 2.45) is 12.5 Å². The van der Waals surface area contributed by atoms with E-state index in [9.17, 15) is 23.2 Å². The second-order valence-electron chi connectivity index (χ2n) is 8.88. The summed E-state index contributed by atoms with van der Waals surface area (Å²) in [5.74, 6) is -1.46. The van der Waals surface area contributed by atoms with Crippen molar-refractivity contribution in [3.8, 4) is 6.07 Å². The van der Waals surface area contributed by atoms with Crippen LogP contribution < -0.4 is 0 Å². The number of allylic oxidation sites excluding steroid dienone is 1. The fourth-order valence-corrected chi connectivity index (χ4v) is 3.55. The summed E-state index contributed by atoms with van der Waals surface area (Å²) in [5, 5.41) is 14.7. The van der Waals surface area contributed by atoms with Crippen LogP contribution >= 0.6 is 22.9 Å². The number of esters is 1. The standard InChI is InChI=1S/C20H22ClF3N4O2S/c1-18(2,3)11-9-31-16(26-11)10(8-25)13(30-17(29)19(4,5)6)12-14(20(22,23)24)27-28(7)15(12)21/h9H,1-7H3/b13-10-. The number of halogens is 4. The minimum Gasteiger partial charge on any atom is -0.424 e. The summed E-state index contributed by atoms with van der Waals surface area (Å²) < 4.78 is 47.3. The molecule has 0 fully saturated rings. The summed E-state index contributed by atoms with van der Waals surface area (Å²) >= 11 is 7.19. The number of hydrogen-bond acceptors (Lipinski definition) is 6. The smallest absolute Gasteiger partial charge is 0.424 e. The van der Waals surface area contributed by atoms with Gasteiger partial charge < -0.3 is 4.74 Å². The van der Waals surface area contributed by atoms with Crippen LogP contribution in [0.15, 0.2) is 5.38 Å². The van der Waals surface area contributed by atoms with Gasteiger partial charge >= 0.3 is 12.1 Å². The maximum absolute atomic E-state index is 13.7. The predicted octanol–water partition coefficient (Wildman–Crippen LogP) is 5.83. The number of aryl methyl sites for hydroxylation is 1. The number of carbonyl (C=O) groups is 1. The van der Waals surface area contributed by atoms with Gasteiger partial charge in [-0.25, -0.2) is 4.98 Å². The molecule has 0 amide bonds. The predicted molar refractivity (Wildman–Crippen MR) is 112 cm³/mol. The van der Waals surface area contributed by atoms with Gasteiger partial charge in [0, 0.05) is 17.8 Å². The summed E-state index contributed by atoms with van der Waals surface area (Å²) in [6.45, 7) is 10.3. The minimum atomic E-state index is -4.90. The van der Waals surface area contributed by atoms with Crippen LogP contribution in [-0.4, -0.2) is 20.7 Å². The number of carbonyl (C=O) groups excluding carboxylic acids is 1. The number of alkyl halides is 3. The lowest BCUT2D eigenvalue weighted by Gasteiger charge is -2.19. The van der Waals surface area contributed by atoms with E-state index in [-0.39, 0.29) is 16.0 Å². The fourth-order valence-electron chi connectivity index (χ4n) is 2.30. The van der Waals surface area contributed by atoms with Crippen molar-refractivity contribution in [2.45, 2.75) is 53.1 Å². The molecule has 31 heavy (non-hydrogen) atoms. The van der Waals surface area contributed by atoms with Gasteiger partial charge in [0.1, 0.15) is 21.8 Å². The second kappa shape index (κ2) is 8.28. The SMILES string of the molecule is Cn1nc(C(F)(F)F)c(/C(OC(=O)C(C)(C)C)=C(\C#N)c2nc(C(C)(C)C)cs2)c1Cl. The highest BCUT2D eigenvalue weighted by Crippen LogP contribution is 2.42. The Labute approximate surface area is 187 Å². The van der Waals surface area contributed by atoms with Crippen LogP contribution in [0.2, 0.25) is 5.15 Å². The number of aromatic nitrogens is 3. The third-order valence-corrected chi connectivity index (χ3v) is 5.40. The normalized spacial score (nSPS) is 13.6. The number of thiazole rings is 1. The molecule has 2 aromatic rings. The lowest BCUT2D eigenvalue weighted by molar-refractivity contribution is -0.146. The first kappa shape index (κ1) is 24.9. The van der Waals surface area contributed by atoms with E-state index in [1.54, 1.807) is 5.38 Å². The molecule has 0 spiro atoms. The number of ether oxygens (including phenoxy) is 1. The third-order valence-electron chi connectivity index (χ3n) is 4.11. The Morgan fingerprint density at radius 3 is 2.23 bits per heavy atom. The average Bonchev–Trinajstić information content (AvgIpc) is 3.19. The van der Waals surface area contributed by atoms with Gasteiger partial charge in [-0.3, -0.25) is 9.48 Å². The highest BCUT2D eigenvalue weighted by molar-refractivity contribution is 7.11. The third kappa shape index (κ3) is 5.28. The van der Waals surface area contributed by atoms with Crippen molar-refractivity contribution in [3.63, 3.8) is 0 Å². The molecule has 0 saturated carbocycles. The van der Waals surface area contributed by atoms with Gasteiger partial charge in [0.25, 0.3) is 0 Å². The zero-order chi connectivity index (χ0) is 23.9. The van der Waals surface area contributed by atoms with E-state index in [2.05, 4.69) is 10.1 Å². The molecule has 0 saturated heterocycles. The van der Waals surface area contributed by atoms with E-state index < -0.39 is 39.7 Å². The van der Waals surface area contributed by atoms with Crippen LogP contribution in [-0.2, 0) is 28.2 Å². The van der Waals surface area contributed by atoms with Crippen molar-refractivity contribution in [1.82, 2.24) is 14.8 Å². The minimum absolute atomic E-state index is 0.108. The van der Waals surface area contributed by atoms with E-state index in [1.165, 1.54) is 27.8 Å². The maximum atomic E-state index is 13.7. The van der Waals surface area contributed by atoms with Gasteiger partial charge in [-0.15, -0.1) is 11.3 Å². The molecule has 0 aliphatic rings. The summed E-state index contributed by atoms with van der Waals surface area (Å²) in [5.41, 5.74) is -3.16. The van der Waals surface area contributed by atoms with Crippen LogP contribution in [0.5, 0.6) is 0 Å². The van der Waals surface area contributed by atoms with Gasteiger partial charge in [0.05, 0.1) is 16.7 Å². The van der Waals surface area contributed by atoms with Crippen LogP contribution in [0.4, 0.5) is 13.2 Å². The second-order valence-corrected chi connectivity index (χ2v) is 10.1. The molecule has 6 nitrogen and oxygen atoms in total. The van der Waals surface area contributed by atoms with Crippen molar-refractivity contribution < 1.29 is 22.7 Å². The van der Waals surface area contributed by atoms with Crippen LogP contribution in [0.1, 0.15) is 63.5 Å². The van der Waals surface area contributed by atoms with E-state index in [0.29, 0.717) is 5.69 Å². The molecule has 11 heteroatoms. The van der Waals surface area contributed by atoms with Crippen LogP contribution in [0, 0.1) is 16.7 Å². The molecular formula is C20H22ClF3N4O2S. The Bertz CT molecular complexity index is 1080. The van der Waals surface area contributed by atoms with Crippen molar-refractivity contribution >= 4 is 40.2 Å². The Hall–Kier alpha value is -2.38. The first-order valence-corrected chi connectivity index (χ1v) is 10.4. The first-order valence-electron chi connectivity index (χ1n) is 9.11. The van der Waals surface area contributed by atoms with Gasteiger partial charge in [0.2, 0.25) is 0 Å². The Morgan fingerprint density at radius 1 is 1.23 bits per heavy atom. The quantitative estimate of drug-likeness (QED) is 0.317. The molecule has 2 aromatic heterocycles. The largest absolute Gasteiger partial charge is 0.435 e. The molecule has 168 valence electrons. The molecule has 0 bridgehead atoms. The zero-order valence-electron chi connectivity index (χ0n) is 18.1. The van der Waals surface area contributed by atoms with Crippen molar-refractivity contribution in [1.29, 1.82) is 5.26 Å². The highest BCUT2D eigenvalue weighted by atomic mass is 35.5. The fraction of sp³-hybridized carbons (Fsp3) is 0.500. The van der Waals surface area contributed by atoms with Gasteiger partial charge in [0.15, 0.2) is 11.5 Å². The van der Waals surface area contributed by atoms with Crippen LogP contribution in [0.3, 0.4) is 0 Å². The summed E-state index contributed by atoms with van der Waals surface area (Å²) in [6, 6.07) is 1.84. The van der Waals surface area contributed by atoms with E-state index >= 15 is 0 Å². The van der Waals surface area contributed by atoms with Gasteiger partial charge in [-0.2, -0.15) is 23.5 Å². The topological polar surface area (TPSA) is 80.8 Å². The lowest BCUT2D eigenvalue weighted by Crippen LogP contribution is -2.23. The number of rotatable bonds is 3.